The number of benzene rings is 1. The molecule has 11 heteroatoms. The first-order valence-electron chi connectivity index (χ1n) is 14.1. The Labute approximate surface area is 227 Å². The third kappa shape index (κ3) is 4.47. The lowest BCUT2D eigenvalue weighted by Crippen LogP contribution is -2.42. The molecular formula is C28H36N8O3. The molecule has 3 aromatic heterocycles. The third-order valence-electron chi connectivity index (χ3n) is 8.58. The van der Waals surface area contributed by atoms with E-state index in [1.807, 2.05) is 35.9 Å². The molecule has 11 nitrogen and oxygen atoms in total. The fourth-order valence-electron chi connectivity index (χ4n) is 6.16. The first kappa shape index (κ1) is 24.9. The number of likely N-dealkylation sites (tertiary alicyclic amines) is 1. The monoisotopic (exact) mass is 532 g/mol. The molecule has 1 atom stereocenters. The van der Waals surface area contributed by atoms with Gasteiger partial charge in [0.15, 0.2) is 17.0 Å². The number of para-hydroxylation sites is 2. The van der Waals surface area contributed by atoms with Crippen molar-refractivity contribution in [3.05, 3.63) is 35.9 Å². The van der Waals surface area contributed by atoms with Crippen LogP contribution in [0.1, 0.15) is 37.5 Å². The smallest absolute Gasteiger partial charge is 0.239 e. The number of aromatic nitrogens is 6. The average Bonchev–Trinajstić information content (AvgIpc) is 3.47. The molecule has 3 fully saturated rings. The molecule has 0 aliphatic carbocycles. The zero-order valence-corrected chi connectivity index (χ0v) is 22.7. The molecule has 39 heavy (non-hydrogen) atoms. The fraction of sp³-hybridized carbons (Fsp3) is 0.571. The SMILES string of the molecule is CC(O)c1nc2ccccc2n1-c1nc(N2CCOCC2)c2nc(CN3CCC(C4COC4)CC3)n(C)c2n1. The number of imidazole rings is 2. The number of aryl methyl sites for hydroxylation is 1. The predicted molar refractivity (Wildman–Crippen MR) is 147 cm³/mol. The number of ether oxygens (including phenoxy) is 2. The summed E-state index contributed by atoms with van der Waals surface area (Å²) in [5.74, 6) is 4.33. The molecule has 6 heterocycles. The molecule has 1 aromatic carbocycles. The van der Waals surface area contributed by atoms with Crippen LogP contribution in [-0.4, -0.2) is 91.7 Å². The van der Waals surface area contributed by atoms with Crippen molar-refractivity contribution in [3.8, 4) is 5.95 Å². The van der Waals surface area contributed by atoms with Crippen molar-refractivity contribution in [2.75, 3.05) is 57.5 Å². The van der Waals surface area contributed by atoms with E-state index in [0.717, 1.165) is 91.6 Å². The number of hydrogen-bond acceptors (Lipinski definition) is 9. The van der Waals surface area contributed by atoms with E-state index in [0.29, 0.717) is 25.0 Å². The van der Waals surface area contributed by atoms with Crippen LogP contribution in [0.2, 0.25) is 0 Å². The third-order valence-corrected chi connectivity index (χ3v) is 8.58. The lowest BCUT2D eigenvalue weighted by atomic mass is 9.83. The van der Waals surface area contributed by atoms with Gasteiger partial charge in [0.05, 0.1) is 44.0 Å². The predicted octanol–water partition coefficient (Wildman–Crippen LogP) is 2.45. The van der Waals surface area contributed by atoms with Gasteiger partial charge in [0.1, 0.15) is 17.8 Å². The van der Waals surface area contributed by atoms with Crippen molar-refractivity contribution in [3.63, 3.8) is 0 Å². The van der Waals surface area contributed by atoms with Crippen LogP contribution in [-0.2, 0) is 23.1 Å². The van der Waals surface area contributed by atoms with Gasteiger partial charge in [-0.05, 0) is 50.9 Å². The van der Waals surface area contributed by atoms with Crippen LogP contribution in [0.15, 0.2) is 24.3 Å². The van der Waals surface area contributed by atoms with E-state index in [-0.39, 0.29) is 0 Å². The fourth-order valence-corrected chi connectivity index (χ4v) is 6.16. The topological polar surface area (TPSA) is 107 Å². The van der Waals surface area contributed by atoms with Crippen molar-refractivity contribution < 1.29 is 14.6 Å². The molecular weight excluding hydrogens is 496 g/mol. The van der Waals surface area contributed by atoms with Gasteiger partial charge in [-0.15, -0.1) is 0 Å². The lowest BCUT2D eigenvalue weighted by molar-refractivity contribution is -0.0727. The number of morpholine rings is 1. The number of anilines is 1. The van der Waals surface area contributed by atoms with Gasteiger partial charge >= 0.3 is 0 Å². The van der Waals surface area contributed by atoms with Gasteiger partial charge in [-0.25, -0.2) is 9.97 Å². The van der Waals surface area contributed by atoms with E-state index in [2.05, 4.69) is 14.4 Å². The molecule has 0 amide bonds. The maximum atomic E-state index is 10.6. The van der Waals surface area contributed by atoms with Crippen LogP contribution in [0, 0.1) is 11.8 Å². The van der Waals surface area contributed by atoms with Crippen molar-refractivity contribution in [2.24, 2.45) is 18.9 Å². The Morgan fingerprint density at radius 3 is 2.44 bits per heavy atom. The maximum Gasteiger partial charge on any atom is 0.239 e. The van der Waals surface area contributed by atoms with Gasteiger partial charge in [0, 0.05) is 26.1 Å². The van der Waals surface area contributed by atoms with Crippen LogP contribution >= 0.6 is 0 Å². The summed E-state index contributed by atoms with van der Waals surface area (Å²) in [6.45, 7) is 9.31. The minimum atomic E-state index is -0.778. The maximum absolute atomic E-state index is 10.6. The van der Waals surface area contributed by atoms with Gasteiger partial charge in [-0.2, -0.15) is 9.97 Å². The van der Waals surface area contributed by atoms with Crippen molar-refractivity contribution in [1.29, 1.82) is 0 Å². The molecule has 4 aromatic rings. The van der Waals surface area contributed by atoms with E-state index in [1.165, 1.54) is 12.8 Å². The zero-order chi connectivity index (χ0) is 26.5. The molecule has 3 saturated heterocycles. The summed E-state index contributed by atoms with van der Waals surface area (Å²) < 4.78 is 15.1. The number of fused-ring (bicyclic) bond motifs is 2. The molecule has 0 spiro atoms. The second-order valence-electron chi connectivity index (χ2n) is 11.1. The Bertz CT molecular complexity index is 1480. The Morgan fingerprint density at radius 2 is 1.72 bits per heavy atom. The number of nitrogens with zero attached hydrogens (tertiary/aromatic N) is 8. The Balaban J connectivity index is 1.29. The van der Waals surface area contributed by atoms with Crippen LogP contribution in [0.25, 0.3) is 28.1 Å². The van der Waals surface area contributed by atoms with Gasteiger partial charge in [-0.1, -0.05) is 12.1 Å². The molecule has 0 saturated carbocycles. The van der Waals surface area contributed by atoms with E-state index in [9.17, 15) is 5.11 Å². The quantitative estimate of drug-likeness (QED) is 0.401. The molecule has 0 bridgehead atoms. The molecule has 3 aliphatic rings. The van der Waals surface area contributed by atoms with Gasteiger partial charge in [0.2, 0.25) is 5.95 Å². The lowest BCUT2D eigenvalue weighted by Gasteiger charge is -2.39. The summed E-state index contributed by atoms with van der Waals surface area (Å²) in [6, 6.07) is 7.86. The van der Waals surface area contributed by atoms with Gasteiger partial charge < -0.3 is 24.0 Å². The highest BCUT2D eigenvalue weighted by Crippen LogP contribution is 2.32. The van der Waals surface area contributed by atoms with Crippen LogP contribution in [0.5, 0.6) is 0 Å². The van der Waals surface area contributed by atoms with E-state index in [1.54, 1.807) is 6.92 Å². The molecule has 0 radical (unpaired) electrons. The number of piperidine rings is 1. The number of aliphatic hydroxyl groups is 1. The number of aliphatic hydroxyl groups excluding tert-OH is 1. The Hall–Kier alpha value is -3.12. The second-order valence-corrected chi connectivity index (χ2v) is 11.1. The van der Waals surface area contributed by atoms with Crippen LogP contribution < -0.4 is 4.90 Å². The molecule has 1 N–H and O–H groups in total. The average molecular weight is 533 g/mol. The molecule has 3 aliphatic heterocycles. The van der Waals surface area contributed by atoms with E-state index >= 15 is 0 Å². The largest absolute Gasteiger partial charge is 0.385 e. The molecule has 206 valence electrons. The Kier molecular flexibility index (Phi) is 6.46. The van der Waals surface area contributed by atoms with Crippen molar-refractivity contribution in [2.45, 2.75) is 32.4 Å². The second kappa shape index (κ2) is 10.1. The normalized spacial score (nSPS) is 20.6. The van der Waals surface area contributed by atoms with Crippen molar-refractivity contribution >= 4 is 28.0 Å². The summed E-state index contributed by atoms with van der Waals surface area (Å²) in [6.07, 6.45) is 1.66. The standard InChI is InChI=1S/C28H36N8O3/c1-18(37)25-29-21-5-3-4-6-22(21)36(25)28-31-26-24(27(32-28)35-11-13-38-14-12-35)30-23(33(26)2)15-34-9-7-19(8-10-34)20-16-39-17-20/h3-6,18-20,37H,7-17H2,1-2H3. The van der Waals surface area contributed by atoms with Crippen molar-refractivity contribution in [1.82, 2.24) is 34.0 Å². The first-order chi connectivity index (χ1) is 19.1. The zero-order valence-electron chi connectivity index (χ0n) is 22.7. The molecule has 1 unspecified atom stereocenters. The Morgan fingerprint density at radius 1 is 0.949 bits per heavy atom. The van der Waals surface area contributed by atoms with Gasteiger partial charge in [0.25, 0.3) is 0 Å². The summed E-state index contributed by atoms with van der Waals surface area (Å²) in [4.78, 5) is 24.7. The van der Waals surface area contributed by atoms with Crippen LogP contribution in [0.4, 0.5) is 5.82 Å². The van der Waals surface area contributed by atoms with E-state index < -0.39 is 6.10 Å². The highest BCUT2D eigenvalue weighted by Gasteiger charge is 2.32. The van der Waals surface area contributed by atoms with E-state index in [4.69, 9.17) is 29.4 Å². The van der Waals surface area contributed by atoms with Gasteiger partial charge in [-0.3, -0.25) is 9.47 Å². The number of hydrogen-bond donors (Lipinski definition) is 1. The summed E-state index contributed by atoms with van der Waals surface area (Å²) in [7, 11) is 2.05. The number of rotatable bonds is 6. The summed E-state index contributed by atoms with van der Waals surface area (Å²) in [5, 5.41) is 10.6. The minimum Gasteiger partial charge on any atom is -0.385 e. The highest BCUT2D eigenvalue weighted by molar-refractivity contribution is 5.86. The van der Waals surface area contributed by atoms with Crippen LogP contribution in [0.3, 0.4) is 0 Å². The molecule has 7 rings (SSSR count). The summed E-state index contributed by atoms with van der Waals surface area (Å²) in [5.41, 5.74) is 3.25. The minimum absolute atomic E-state index is 0.492. The highest BCUT2D eigenvalue weighted by atomic mass is 16.5. The first-order valence-corrected chi connectivity index (χ1v) is 14.1. The summed E-state index contributed by atoms with van der Waals surface area (Å²) >= 11 is 0.